The van der Waals surface area contributed by atoms with E-state index in [9.17, 15) is 4.79 Å². The average molecular weight is 279 g/mol. The first-order chi connectivity index (χ1) is 9.63. The lowest BCUT2D eigenvalue weighted by Gasteiger charge is -2.26. The van der Waals surface area contributed by atoms with E-state index >= 15 is 0 Å². The number of carbonyl (C=O) groups is 1. The van der Waals surface area contributed by atoms with Crippen molar-refractivity contribution in [3.05, 3.63) is 29.7 Å². The van der Waals surface area contributed by atoms with Crippen LogP contribution in [-0.4, -0.2) is 37.4 Å². The molecular weight excluding hydrogens is 258 g/mol. The molecule has 0 spiro atoms. The van der Waals surface area contributed by atoms with Crippen LogP contribution in [0.3, 0.4) is 0 Å². The summed E-state index contributed by atoms with van der Waals surface area (Å²) in [6, 6.07) is 3.67. The molecular formula is C15H21NO4. The summed E-state index contributed by atoms with van der Waals surface area (Å²) >= 11 is 0. The van der Waals surface area contributed by atoms with Crippen molar-refractivity contribution in [2.45, 2.75) is 19.8 Å². The van der Waals surface area contributed by atoms with Gasteiger partial charge in [-0.3, -0.25) is 4.79 Å². The van der Waals surface area contributed by atoms with Gasteiger partial charge < -0.3 is 19.6 Å². The molecule has 1 aliphatic heterocycles. The number of aliphatic hydroxyl groups excluding tert-OH is 1. The minimum absolute atomic E-state index is 0.112. The van der Waals surface area contributed by atoms with Crippen molar-refractivity contribution >= 4 is 12.0 Å². The van der Waals surface area contributed by atoms with Gasteiger partial charge in [-0.05, 0) is 38.0 Å². The Morgan fingerprint density at radius 2 is 2.40 bits per heavy atom. The van der Waals surface area contributed by atoms with E-state index in [1.807, 2.05) is 19.1 Å². The minimum Gasteiger partial charge on any atom is -0.462 e. The number of ether oxygens (including phenoxy) is 1. The first-order valence-corrected chi connectivity index (χ1v) is 6.85. The molecule has 0 aliphatic carbocycles. The number of hydrogen-bond acceptors (Lipinski definition) is 4. The van der Waals surface area contributed by atoms with Crippen molar-refractivity contribution in [1.29, 1.82) is 0 Å². The first-order valence-electron chi connectivity index (χ1n) is 6.85. The normalized spacial score (nSPS) is 22.5. The second kappa shape index (κ2) is 6.72. The number of hydrogen-bond donors (Lipinski definition) is 2. The molecule has 0 aromatic carbocycles. The third kappa shape index (κ3) is 3.95. The molecule has 110 valence electrons. The smallest absolute Gasteiger partial charge is 0.244 e. The topological polar surface area (TPSA) is 71.7 Å². The standard InChI is InChI=1S/C15H21NO4/c1-12-2-3-13(20-12)4-5-14(18)16-10-15(6-8-17)7-9-19-11-15/h2-5,17H,6-11H2,1H3,(H,16,18)/b5-4+. The number of amides is 1. The van der Waals surface area contributed by atoms with E-state index in [0.717, 1.165) is 12.2 Å². The van der Waals surface area contributed by atoms with Gasteiger partial charge in [-0.2, -0.15) is 0 Å². The molecule has 1 aromatic rings. The lowest BCUT2D eigenvalue weighted by atomic mass is 9.84. The maximum atomic E-state index is 11.8. The summed E-state index contributed by atoms with van der Waals surface area (Å²) in [5, 5.41) is 12.0. The fraction of sp³-hybridized carbons (Fsp3) is 0.533. The van der Waals surface area contributed by atoms with E-state index in [1.165, 1.54) is 6.08 Å². The Balaban J connectivity index is 1.83. The molecule has 1 fully saturated rings. The highest BCUT2D eigenvalue weighted by atomic mass is 16.5. The Kier molecular flexibility index (Phi) is 4.98. The van der Waals surface area contributed by atoms with Crippen LogP contribution in [0, 0.1) is 12.3 Å². The molecule has 1 aliphatic rings. The van der Waals surface area contributed by atoms with E-state index in [-0.39, 0.29) is 17.9 Å². The van der Waals surface area contributed by atoms with Gasteiger partial charge in [-0.15, -0.1) is 0 Å². The number of rotatable bonds is 6. The molecule has 5 nitrogen and oxygen atoms in total. The molecule has 1 saturated heterocycles. The van der Waals surface area contributed by atoms with Gasteiger partial charge in [0.15, 0.2) is 0 Å². The largest absolute Gasteiger partial charge is 0.462 e. The Morgan fingerprint density at radius 3 is 3.00 bits per heavy atom. The van der Waals surface area contributed by atoms with Gasteiger partial charge in [0, 0.05) is 31.2 Å². The number of aryl methyl sites for hydroxylation is 1. The lowest BCUT2D eigenvalue weighted by molar-refractivity contribution is -0.117. The highest BCUT2D eigenvalue weighted by Crippen LogP contribution is 2.31. The van der Waals surface area contributed by atoms with Crippen molar-refractivity contribution < 1.29 is 19.1 Å². The second-order valence-corrected chi connectivity index (χ2v) is 5.28. The number of aliphatic hydroxyl groups is 1. The van der Waals surface area contributed by atoms with Crippen LogP contribution in [-0.2, 0) is 9.53 Å². The van der Waals surface area contributed by atoms with Crippen molar-refractivity contribution in [2.24, 2.45) is 5.41 Å². The fourth-order valence-corrected chi connectivity index (χ4v) is 2.35. The van der Waals surface area contributed by atoms with E-state index in [1.54, 1.807) is 6.08 Å². The summed E-state index contributed by atoms with van der Waals surface area (Å²) in [6.07, 6.45) is 4.62. The third-order valence-electron chi connectivity index (χ3n) is 3.62. The Morgan fingerprint density at radius 1 is 1.55 bits per heavy atom. The molecule has 0 saturated carbocycles. The maximum Gasteiger partial charge on any atom is 0.244 e. The quantitative estimate of drug-likeness (QED) is 0.774. The molecule has 2 N–H and O–H groups in total. The Labute approximate surface area is 118 Å². The van der Waals surface area contributed by atoms with E-state index in [4.69, 9.17) is 14.3 Å². The van der Waals surface area contributed by atoms with Crippen LogP contribution in [0.15, 0.2) is 22.6 Å². The van der Waals surface area contributed by atoms with Crippen LogP contribution in [0.1, 0.15) is 24.4 Å². The average Bonchev–Trinajstić information content (AvgIpc) is 3.04. The third-order valence-corrected chi connectivity index (χ3v) is 3.62. The summed E-state index contributed by atoms with van der Waals surface area (Å²) in [7, 11) is 0. The predicted octanol–water partition coefficient (Wildman–Crippen LogP) is 1.51. The minimum atomic E-state index is -0.164. The first kappa shape index (κ1) is 14.8. The number of nitrogens with one attached hydrogen (secondary N) is 1. The molecule has 1 aromatic heterocycles. The number of furan rings is 1. The molecule has 1 amide bonds. The highest BCUT2D eigenvalue weighted by Gasteiger charge is 2.34. The van der Waals surface area contributed by atoms with Gasteiger partial charge in [0.1, 0.15) is 11.5 Å². The van der Waals surface area contributed by atoms with Crippen LogP contribution in [0.5, 0.6) is 0 Å². The fourth-order valence-electron chi connectivity index (χ4n) is 2.35. The van der Waals surface area contributed by atoms with Gasteiger partial charge in [-0.1, -0.05) is 0 Å². The molecule has 1 atom stereocenters. The molecule has 20 heavy (non-hydrogen) atoms. The summed E-state index contributed by atoms with van der Waals surface area (Å²) in [5.41, 5.74) is -0.125. The molecule has 1 unspecified atom stereocenters. The van der Waals surface area contributed by atoms with Crippen LogP contribution >= 0.6 is 0 Å². The van der Waals surface area contributed by atoms with Crippen LogP contribution in [0.2, 0.25) is 0 Å². The zero-order chi connectivity index (χ0) is 14.4. The summed E-state index contributed by atoms with van der Waals surface area (Å²) in [4.78, 5) is 11.8. The van der Waals surface area contributed by atoms with Crippen LogP contribution in [0.4, 0.5) is 0 Å². The van der Waals surface area contributed by atoms with Gasteiger partial charge in [0.2, 0.25) is 5.91 Å². The van der Waals surface area contributed by atoms with E-state index < -0.39 is 0 Å². The predicted molar refractivity (Wildman–Crippen MR) is 75.1 cm³/mol. The summed E-state index contributed by atoms with van der Waals surface area (Å²) in [5.74, 6) is 1.31. The number of carbonyl (C=O) groups excluding carboxylic acids is 1. The molecule has 0 bridgehead atoms. The van der Waals surface area contributed by atoms with Crippen LogP contribution < -0.4 is 5.32 Å². The summed E-state index contributed by atoms with van der Waals surface area (Å²) in [6.45, 7) is 3.77. The van der Waals surface area contributed by atoms with Crippen molar-refractivity contribution in [2.75, 3.05) is 26.4 Å². The lowest BCUT2D eigenvalue weighted by Crippen LogP contribution is -2.38. The van der Waals surface area contributed by atoms with Gasteiger partial charge in [0.05, 0.1) is 6.61 Å². The van der Waals surface area contributed by atoms with Crippen molar-refractivity contribution in [3.8, 4) is 0 Å². The monoisotopic (exact) mass is 279 g/mol. The van der Waals surface area contributed by atoms with Gasteiger partial charge in [-0.25, -0.2) is 0 Å². The molecule has 5 heteroatoms. The van der Waals surface area contributed by atoms with Gasteiger partial charge >= 0.3 is 0 Å². The van der Waals surface area contributed by atoms with E-state index in [2.05, 4.69) is 5.32 Å². The van der Waals surface area contributed by atoms with Gasteiger partial charge in [0.25, 0.3) is 0 Å². The SMILES string of the molecule is Cc1ccc(/C=C/C(=O)NCC2(CCO)CCOC2)o1. The zero-order valence-corrected chi connectivity index (χ0v) is 11.7. The Bertz CT molecular complexity index is 472. The van der Waals surface area contributed by atoms with Crippen LogP contribution in [0.25, 0.3) is 6.08 Å². The summed E-state index contributed by atoms with van der Waals surface area (Å²) < 4.78 is 10.7. The zero-order valence-electron chi connectivity index (χ0n) is 11.7. The van der Waals surface area contributed by atoms with Crippen molar-refractivity contribution in [1.82, 2.24) is 5.32 Å². The molecule has 2 rings (SSSR count). The molecule has 0 radical (unpaired) electrons. The van der Waals surface area contributed by atoms with Crippen molar-refractivity contribution in [3.63, 3.8) is 0 Å². The maximum absolute atomic E-state index is 11.8. The highest BCUT2D eigenvalue weighted by molar-refractivity contribution is 5.91. The Hall–Kier alpha value is -1.59. The molecule has 2 heterocycles. The van der Waals surface area contributed by atoms with E-state index in [0.29, 0.717) is 31.9 Å². The second-order valence-electron chi connectivity index (χ2n) is 5.28.